The fourth-order valence-electron chi connectivity index (χ4n) is 1.81. The summed E-state index contributed by atoms with van der Waals surface area (Å²) in [5.74, 6) is 0.505. The maximum atomic E-state index is 12.1. The summed E-state index contributed by atoms with van der Waals surface area (Å²) in [6, 6.07) is 8.48. The SMILES string of the molecule is C[C@@H](Nc1ncccn1)c1cccc(S(=O)(=O)N(C)C)c1. The molecule has 0 unspecified atom stereocenters. The Morgan fingerprint density at radius 1 is 1.14 bits per heavy atom. The second-order valence-corrected chi connectivity index (χ2v) is 6.95. The first-order valence-electron chi connectivity index (χ1n) is 6.47. The number of benzene rings is 1. The van der Waals surface area contributed by atoms with Crippen LogP contribution < -0.4 is 5.32 Å². The average molecular weight is 306 g/mol. The van der Waals surface area contributed by atoms with E-state index in [0.29, 0.717) is 5.95 Å². The lowest BCUT2D eigenvalue weighted by Crippen LogP contribution is -2.22. The molecule has 2 rings (SSSR count). The van der Waals surface area contributed by atoms with Gasteiger partial charge in [0, 0.05) is 26.5 Å². The fourth-order valence-corrected chi connectivity index (χ4v) is 2.76. The van der Waals surface area contributed by atoms with E-state index >= 15 is 0 Å². The van der Waals surface area contributed by atoms with E-state index in [2.05, 4.69) is 15.3 Å². The molecule has 1 atom stereocenters. The lowest BCUT2D eigenvalue weighted by atomic mass is 10.1. The number of sulfonamides is 1. The van der Waals surface area contributed by atoms with Gasteiger partial charge in [-0.1, -0.05) is 12.1 Å². The smallest absolute Gasteiger partial charge is 0.242 e. The van der Waals surface area contributed by atoms with Gasteiger partial charge in [0.1, 0.15) is 0 Å². The van der Waals surface area contributed by atoms with E-state index in [0.717, 1.165) is 5.56 Å². The van der Waals surface area contributed by atoms with Crippen molar-refractivity contribution in [3.05, 3.63) is 48.3 Å². The van der Waals surface area contributed by atoms with Gasteiger partial charge in [-0.3, -0.25) is 0 Å². The summed E-state index contributed by atoms with van der Waals surface area (Å²) in [5, 5.41) is 3.14. The number of hydrogen-bond acceptors (Lipinski definition) is 5. The van der Waals surface area contributed by atoms with Gasteiger partial charge in [-0.2, -0.15) is 0 Å². The van der Waals surface area contributed by atoms with Crippen LogP contribution in [-0.2, 0) is 10.0 Å². The molecule has 2 aromatic rings. The van der Waals surface area contributed by atoms with Crippen molar-refractivity contribution in [2.75, 3.05) is 19.4 Å². The summed E-state index contributed by atoms with van der Waals surface area (Å²) in [6.45, 7) is 1.93. The number of aromatic nitrogens is 2. The van der Waals surface area contributed by atoms with Crippen LogP contribution in [0.1, 0.15) is 18.5 Å². The minimum Gasteiger partial charge on any atom is -0.348 e. The molecule has 7 heteroatoms. The van der Waals surface area contributed by atoms with Crippen LogP contribution in [0.3, 0.4) is 0 Å². The van der Waals surface area contributed by atoms with Crippen molar-refractivity contribution in [3.63, 3.8) is 0 Å². The van der Waals surface area contributed by atoms with Crippen molar-refractivity contribution in [3.8, 4) is 0 Å². The third kappa shape index (κ3) is 3.56. The van der Waals surface area contributed by atoms with Crippen LogP contribution in [-0.4, -0.2) is 36.8 Å². The van der Waals surface area contributed by atoms with E-state index in [9.17, 15) is 8.42 Å². The largest absolute Gasteiger partial charge is 0.348 e. The van der Waals surface area contributed by atoms with Crippen molar-refractivity contribution in [2.24, 2.45) is 0 Å². The molecule has 0 bridgehead atoms. The Kier molecular flexibility index (Phi) is 4.54. The summed E-state index contributed by atoms with van der Waals surface area (Å²) >= 11 is 0. The molecule has 1 N–H and O–H groups in total. The van der Waals surface area contributed by atoms with Crippen molar-refractivity contribution in [1.29, 1.82) is 0 Å². The molecule has 0 radical (unpaired) electrons. The van der Waals surface area contributed by atoms with Gasteiger partial charge < -0.3 is 5.32 Å². The van der Waals surface area contributed by atoms with Gasteiger partial charge in [-0.25, -0.2) is 22.7 Å². The third-order valence-corrected chi connectivity index (χ3v) is 4.86. The van der Waals surface area contributed by atoms with Crippen molar-refractivity contribution >= 4 is 16.0 Å². The molecule has 0 saturated carbocycles. The van der Waals surface area contributed by atoms with Crippen LogP contribution in [0.5, 0.6) is 0 Å². The average Bonchev–Trinajstić information content (AvgIpc) is 2.48. The number of anilines is 1. The van der Waals surface area contributed by atoms with Crippen molar-refractivity contribution in [2.45, 2.75) is 17.9 Å². The molecule has 1 heterocycles. The van der Waals surface area contributed by atoms with Gasteiger partial charge >= 0.3 is 0 Å². The zero-order valence-electron chi connectivity index (χ0n) is 12.2. The normalized spacial score (nSPS) is 13.1. The van der Waals surface area contributed by atoms with Gasteiger partial charge in [0.15, 0.2) is 0 Å². The monoisotopic (exact) mass is 306 g/mol. The van der Waals surface area contributed by atoms with Crippen LogP contribution in [0.25, 0.3) is 0 Å². The van der Waals surface area contributed by atoms with E-state index in [1.165, 1.54) is 18.4 Å². The number of rotatable bonds is 5. The summed E-state index contributed by atoms with van der Waals surface area (Å²) in [5.41, 5.74) is 0.852. The molecule has 0 saturated heterocycles. The molecule has 0 aliphatic carbocycles. The standard InChI is InChI=1S/C14H18N4O2S/c1-11(17-14-15-8-5-9-16-14)12-6-4-7-13(10-12)21(19,20)18(2)3/h4-11H,1-3H3,(H,15,16,17)/t11-/m1/s1. The van der Waals surface area contributed by atoms with E-state index in [1.807, 2.05) is 13.0 Å². The molecule has 112 valence electrons. The lowest BCUT2D eigenvalue weighted by Gasteiger charge is -2.16. The summed E-state index contributed by atoms with van der Waals surface area (Å²) in [4.78, 5) is 8.46. The van der Waals surface area contributed by atoms with Crippen LogP contribution in [0, 0.1) is 0 Å². The van der Waals surface area contributed by atoms with Crippen LogP contribution in [0.4, 0.5) is 5.95 Å². The Morgan fingerprint density at radius 2 is 1.81 bits per heavy atom. The molecule has 0 fully saturated rings. The highest BCUT2D eigenvalue weighted by Gasteiger charge is 2.18. The van der Waals surface area contributed by atoms with Gasteiger partial charge in [-0.15, -0.1) is 0 Å². The molecule has 0 aliphatic rings. The van der Waals surface area contributed by atoms with Gasteiger partial charge in [0.05, 0.1) is 10.9 Å². The second kappa shape index (κ2) is 6.19. The molecule has 21 heavy (non-hydrogen) atoms. The molecular weight excluding hydrogens is 288 g/mol. The molecule has 0 amide bonds. The molecule has 0 spiro atoms. The zero-order chi connectivity index (χ0) is 15.5. The minimum absolute atomic E-state index is 0.107. The van der Waals surface area contributed by atoms with Gasteiger partial charge in [0.2, 0.25) is 16.0 Å². The first kappa shape index (κ1) is 15.4. The third-order valence-electron chi connectivity index (χ3n) is 3.05. The lowest BCUT2D eigenvalue weighted by molar-refractivity contribution is 0.520. The molecule has 0 aliphatic heterocycles. The number of nitrogens with one attached hydrogen (secondary N) is 1. The predicted octanol–water partition coefficient (Wildman–Crippen LogP) is 1.90. The van der Waals surface area contributed by atoms with E-state index in [4.69, 9.17) is 0 Å². The Labute approximate surface area is 124 Å². The molecule has 6 nitrogen and oxygen atoms in total. The topological polar surface area (TPSA) is 75.2 Å². The summed E-state index contributed by atoms with van der Waals surface area (Å²) in [7, 11) is -0.401. The maximum absolute atomic E-state index is 12.1. The minimum atomic E-state index is -3.43. The predicted molar refractivity (Wildman–Crippen MR) is 81.4 cm³/mol. The Morgan fingerprint density at radius 3 is 2.43 bits per heavy atom. The van der Waals surface area contributed by atoms with E-state index < -0.39 is 10.0 Å². The molecule has 1 aromatic heterocycles. The summed E-state index contributed by atoms with van der Waals surface area (Å²) in [6.07, 6.45) is 3.30. The zero-order valence-corrected chi connectivity index (χ0v) is 13.0. The first-order valence-corrected chi connectivity index (χ1v) is 7.91. The Hall–Kier alpha value is -1.99. The first-order chi connectivity index (χ1) is 9.91. The highest BCUT2D eigenvalue weighted by atomic mass is 32.2. The Bertz CT molecular complexity index is 702. The van der Waals surface area contributed by atoms with Crippen LogP contribution >= 0.6 is 0 Å². The van der Waals surface area contributed by atoms with E-state index in [-0.39, 0.29) is 10.9 Å². The quantitative estimate of drug-likeness (QED) is 0.913. The van der Waals surface area contributed by atoms with Crippen LogP contribution in [0.15, 0.2) is 47.6 Å². The number of hydrogen-bond donors (Lipinski definition) is 1. The second-order valence-electron chi connectivity index (χ2n) is 4.80. The van der Waals surface area contributed by atoms with Gasteiger partial charge in [-0.05, 0) is 30.7 Å². The number of nitrogens with zero attached hydrogens (tertiary/aromatic N) is 3. The van der Waals surface area contributed by atoms with Crippen LogP contribution in [0.2, 0.25) is 0 Å². The Balaban J connectivity index is 2.25. The van der Waals surface area contributed by atoms with Crippen molar-refractivity contribution in [1.82, 2.24) is 14.3 Å². The summed E-state index contributed by atoms with van der Waals surface area (Å²) < 4.78 is 25.5. The maximum Gasteiger partial charge on any atom is 0.242 e. The highest BCUT2D eigenvalue weighted by Crippen LogP contribution is 2.21. The highest BCUT2D eigenvalue weighted by molar-refractivity contribution is 7.89. The molecule has 1 aromatic carbocycles. The van der Waals surface area contributed by atoms with E-state index in [1.54, 1.807) is 36.7 Å². The molecular formula is C14H18N4O2S. The fraction of sp³-hybridized carbons (Fsp3) is 0.286. The van der Waals surface area contributed by atoms with Crippen molar-refractivity contribution < 1.29 is 8.42 Å². The van der Waals surface area contributed by atoms with Gasteiger partial charge in [0.25, 0.3) is 0 Å².